The molecule has 0 saturated heterocycles. The topological polar surface area (TPSA) is 71.1 Å². The first kappa shape index (κ1) is 13.7. The quantitative estimate of drug-likeness (QED) is 0.888. The largest absolute Gasteiger partial charge is 0.343 e. The standard InChI is InChI=1S/C14H12FN3O2/c15-11-6-7-12(16-8-11)18-13(19)9-17-14(20)10-4-2-1-3-5-10/h1-8H,9H2,(H,17,20)(H,16,18,19). The first-order valence-corrected chi connectivity index (χ1v) is 5.90. The number of rotatable bonds is 4. The van der Waals surface area contributed by atoms with Crippen LogP contribution in [0.15, 0.2) is 48.7 Å². The molecule has 0 aliphatic heterocycles. The third-order valence-electron chi connectivity index (χ3n) is 2.44. The molecule has 0 bridgehead atoms. The van der Waals surface area contributed by atoms with Crippen molar-refractivity contribution in [2.75, 3.05) is 11.9 Å². The van der Waals surface area contributed by atoms with Gasteiger partial charge in [-0.2, -0.15) is 0 Å². The van der Waals surface area contributed by atoms with Gasteiger partial charge in [0.15, 0.2) is 0 Å². The van der Waals surface area contributed by atoms with Crippen molar-refractivity contribution in [1.29, 1.82) is 0 Å². The van der Waals surface area contributed by atoms with Gasteiger partial charge < -0.3 is 10.6 Å². The fourth-order valence-corrected chi connectivity index (χ4v) is 1.49. The van der Waals surface area contributed by atoms with Crippen LogP contribution in [0.4, 0.5) is 10.2 Å². The van der Waals surface area contributed by atoms with Crippen LogP contribution in [-0.2, 0) is 4.79 Å². The summed E-state index contributed by atoms with van der Waals surface area (Å²) in [6.45, 7) is -0.188. The van der Waals surface area contributed by atoms with Gasteiger partial charge in [0.25, 0.3) is 5.91 Å². The molecule has 2 amide bonds. The Kier molecular flexibility index (Phi) is 4.39. The van der Waals surface area contributed by atoms with Crippen LogP contribution in [0.2, 0.25) is 0 Å². The number of benzene rings is 1. The lowest BCUT2D eigenvalue weighted by molar-refractivity contribution is -0.115. The van der Waals surface area contributed by atoms with Gasteiger partial charge in [0.1, 0.15) is 11.6 Å². The summed E-state index contributed by atoms with van der Waals surface area (Å²) < 4.78 is 12.6. The lowest BCUT2D eigenvalue weighted by Crippen LogP contribution is -2.33. The summed E-state index contributed by atoms with van der Waals surface area (Å²) in [5.41, 5.74) is 0.472. The van der Waals surface area contributed by atoms with Gasteiger partial charge in [-0.05, 0) is 24.3 Å². The second-order valence-electron chi connectivity index (χ2n) is 3.96. The molecule has 0 spiro atoms. The molecule has 2 N–H and O–H groups in total. The summed E-state index contributed by atoms with van der Waals surface area (Å²) in [5.74, 6) is -1.04. The smallest absolute Gasteiger partial charge is 0.251 e. The van der Waals surface area contributed by atoms with Gasteiger partial charge >= 0.3 is 0 Å². The van der Waals surface area contributed by atoms with Gasteiger partial charge in [-0.3, -0.25) is 9.59 Å². The number of nitrogens with one attached hydrogen (secondary N) is 2. The number of anilines is 1. The lowest BCUT2D eigenvalue weighted by Gasteiger charge is -2.06. The molecule has 0 fully saturated rings. The Morgan fingerprint density at radius 2 is 1.85 bits per heavy atom. The van der Waals surface area contributed by atoms with Crippen LogP contribution in [0.5, 0.6) is 0 Å². The van der Waals surface area contributed by atoms with Crippen molar-refractivity contribution in [3.8, 4) is 0 Å². The minimum atomic E-state index is -0.486. The number of amides is 2. The molecular formula is C14H12FN3O2. The summed E-state index contributed by atoms with van der Waals surface area (Å²) in [7, 11) is 0. The molecule has 0 saturated carbocycles. The average Bonchev–Trinajstić information content (AvgIpc) is 2.48. The van der Waals surface area contributed by atoms with E-state index in [0.29, 0.717) is 5.56 Å². The third kappa shape index (κ3) is 3.88. The van der Waals surface area contributed by atoms with Crippen molar-refractivity contribution in [2.24, 2.45) is 0 Å². The maximum Gasteiger partial charge on any atom is 0.251 e. The van der Waals surface area contributed by atoms with E-state index in [9.17, 15) is 14.0 Å². The molecule has 1 heterocycles. The number of aromatic nitrogens is 1. The Morgan fingerprint density at radius 3 is 2.50 bits per heavy atom. The first-order valence-electron chi connectivity index (χ1n) is 5.90. The number of halogens is 1. The molecule has 0 unspecified atom stereocenters. The minimum Gasteiger partial charge on any atom is -0.343 e. The van der Waals surface area contributed by atoms with E-state index in [-0.39, 0.29) is 18.3 Å². The molecule has 20 heavy (non-hydrogen) atoms. The number of hydrogen-bond donors (Lipinski definition) is 2. The second-order valence-corrected chi connectivity index (χ2v) is 3.96. The molecule has 102 valence electrons. The Morgan fingerprint density at radius 1 is 1.10 bits per heavy atom. The predicted molar refractivity (Wildman–Crippen MR) is 71.6 cm³/mol. The predicted octanol–water partition coefficient (Wildman–Crippen LogP) is 1.59. The Labute approximate surface area is 114 Å². The van der Waals surface area contributed by atoms with Gasteiger partial charge in [-0.15, -0.1) is 0 Å². The summed E-state index contributed by atoms with van der Waals surface area (Å²) in [6, 6.07) is 11.1. The monoisotopic (exact) mass is 273 g/mol. The first-order chi connectivity index (χ1) is 9.65. The fraction of sp³-hybridized carbons (Fsp3) is 0.0714. The highest BCUT2D eigenvalue weighted by Crippen LogP contribution is 2.03. The van der Waals surface area contributed by atoms with E-state index in [4.69, 9.17) is 0 Å². The Bertz CT molecular complexity index is 600. The van der Waals surface area contributed by atoms with Crippen LogP contribution in [-0.4, -0.2) is 23.3 Å². The molecule has 0 atom stereocenters. The zero-order valence-electron chi connectivity index (χ0n) is 10.5. The number of nitrogens with zero attached hydrogens (tertiary/aromatic N) is 1. The molecule has 0 aliphatic rings. The van der Waals surface area contributed by atoms with Gasteiger partial charge in [-0.1, -0.05) is 18.2 Å². The zero-order valence-corrected chi connectivity index (χ0v) is 10.5. The van der Waals surface area contributed by atoms with Gasteiger partial charge in [-0.25, -0.2) is 9.37 Å². The lowest BCUT2D eigenvalue weighted by atomic mass is 10.2. The molecule has 6 heteroatoms. The van der Waals surface area contributed by atoms with E-state index in [1.807, 2.05) is 0 Å². The average molecular weight is 273 g/mol. The van der Waals surface area contributed by atoms with Crippen LogP contribution < -0.4 is 10.6 Å². The third-order valence-corrected chi connectivity index (χ3v) is 2.44. The van der Waals surface area contributed by atoms with Crippen molar-refractivity contribution < 1.29 is 14.0 Å². The second kappa shape index (κ2) is 6.42. The zero-order chi connectivity index (χ0) is 14.4. The van der Waals surface area contributed by atoms with Crippen molar-refractivity contribution >= 4 is 17.6 Å². The van der Waals surface area contributed by atoms with E-state index in [0.717, 1.165) is 6.20 Å². The molecular weight excluding hydrogens is 261 g/mol. The molecule has 1 aromatic heterocycles. The van der Waals surface area contributed by atoms with Crippen molar-refractivity contribution in [3.05, 3.63) is 60.0 Å². The Balaban J connectivity index is 1.83. The molecule has 0 radical (unpaired) electrons. The number of carbonyl (C=O) groups is 2. The van der Waals surface area contributed by atoms with Gasteiger partial charge in [0.2, 0.25) is 5.91 Å². The summed E-state index contributed by atoms with van der Waals surface area (Å²) >= 11 is 0. The van der Waals surface area contributed by atoms with Gasteiger partial charge in [0, 0.05) is 5.56 Å². The SMILES string of the molecule is O=C(CNC(=O)c1ccccc1)Nc1ccc(F)cn1. The van der Waals surface area contributed by atoms with Crippen molar-refractivity contribution in [2.45, 2.75) is 0 Å². The summed E-state index contributed by atoms with van der Waals surface area (Å²) in [6.07, 6.45) is 0.998. The number of pyridine rings is 1. The maximum absolute atomic E-state index is 12.6. The van der Waals surface area contributed by atoms with E-state index in [1.165, 1.54) is 12.1 Å². The maximum atomic E-state index is 12.6. The normalized spacial score (nSPS) is 9.85. The number of carbonyl (C=O) groups excluding carboxylic acids is 2. The molecule has 2 rings (SSSR count). The molecule has 2 aromatic rings. The van der Waals surface area contributed by atoms with Crippen LogP contribution in [0.3, 0.4) is 0 Å². The van der Waals surface area contributed by atoms with Gasteiger partial charge in [0.05, 0.1) is 12.7 Å². The van der Waals surface area contributed by atoms with E-state index in [2.05, 4.69) is 15.6 Å². The fourth-order valence-electron chi connectivity index (χ4n) is 1.49. The molecule has 5 nitrogen and oxygen atoms in total. The van der Waals surface area contributed by atoms with E-state index >= 15 is 0 Å². The number of hydrogen-bond acceptors (Lipinski definition) is 3. The van der Waals surface area contributed by atoms with Crippen LogP contribution in [0.25, 0.3) is 0 Å². The molecule has 1 aromatic carbocycles. The van der Waals surface area contributed by atoms with Crippen LogP contribution >= 0.6 is 0 Å². The van der Waals surface area contributed by atoms with Crippen molar-refractivity contribution in [1.82, 2.24) is 10.3 Å². The molecule has 0 aliphatic carbocycles. The van der Waals surface area contributed by atoms with Crippen molar-refractivity contribution in [3.63, 3.8) is 0 Å². The summed E-state index contributed by atoms with van der Waals surface area (Å²) in [4.78, 5) is 26.9. The van der Waals surface area contributed by atoms with Crippen LogP contribution in [0, 0.1) is 5.82 Å². The highest BCUT2D eigenvalue weighted by atomic mass is 19.1. The van der Waals surface area contributed by atoms with E-state index in [1.54, 1.807) is 30.3 Å². The highest BCUT2D eigenvalue weighted by Gasteiger charge is 2.08. The van der Waals surface area contributed by atoms with Crippen LogP contribution in [0.1, 0.15) is 10.4 Å². The van der Waals surface area contributed by atoms with E-state index < -0.39 is 11.7 Å². The Hall–Kier alpha value is -2.76. The minimum absolute atomic E-state index is 0.188. The summed E-state index contributed by atoms with van der Waals surface area (Å²) in [5, 5.41) is 4.92. The highest BCUT2D eigenvalue weighted by molar-refractivity contribution is 5.98.